The van der Waals surface area contributed by atoms with E-state index in [-0.39, 0.29) is 39.8 Å². The molecule has 1 amide bonds. The maximum Gasteiger partial charge on any atom is 0.345 e. The maximum absolute atomic E-state index is 12.4. The van der Waals surface area contributed by atoms with Crippen LogP contribution < -0.4 is 15.8 Å². The smallest absolute Gasteiger partial charge is 0.345 e. The second-order valence-corrected chi connectivity index (χ2v) is 6.55. The lowest BCUT2D eigenvalue weighted by molar-refractivity contribution is -0.380. The number of hydrogen-bond donors (Lipinski definition) is 2. The number of amides is 1. The zero-order valence-electron chi connectivity index (χ0n) is 14.6. The number of nitrogens with one attached hydrogen (secondary N) is 1. The first-order valence-electron chi connectivity index (χ1n) is 7.81. The summed E-state index contributed by atoms with van der Waals surface area (Å²) in [5, 5.41) is 13.0. The predicted molar refractivity (Wildman–Crippen MR) is 103 cm³/mol. The number of nitrogens with zero attached hydrogens (tertiary/aromatic N) is 2. The third kappa shape index (κ3) is 5.71. The van der Waals surface area contributed by atoms with Crippen molar-refractivity contribution in [2.24, 2.45) is 11.7 Å². The van der Waals surface area contributed by atoms with E-state index in [0.717, 1.165) is 17.5 Å². The van der Waals surface area contributed by atoms with Crippen molar-refractivity contribution in [2.45, 2.75) is 26.3 Å². The number of nitro groups is 1. The molecule has 2 unspecified atom stereocenters. The van der Waals surface area contributed by atoms with Gasteiger partial charge >= 0.3 is 11.0 Å². The van der Waals surface area contributed by atoms with E-state index in [4.69, 9.17) is 10.5 Å². The van der Waals surface area contributed by atoms with Crippen molar-refractivity contribution < 1.29 is 19.2 Å². The summed E-state index contributed by atoms with van der Waals surface area (Å²) in [5.41, 5.74) is 5.95. The Labute approximate surface area is 165 Å². The van der Waals surface area contributed by atoms with Crippen LogP contribution in [-0.2, 0) is 4.79 Å². The van der Waals surface area contributed by atoms with Crippen molar-refractivity contribution in [3.05, 3.63) is 46.1 Å². The first-order chi connectivity index (χ1) is 12.3. The minimum absolute atomic E-state index is 0. The van der Waals surface area contributed by atoms with Crippen LogP contribution in [0.3, 0.4) is 0 Å². The summed E-state index contributed by atoms with van der Waals surface area (Å²) in [7, 11) is 0. The summed E-state index contributed by atoms with van der Waals surface area (Å²) in [4.78, 5) is 38.4. The molecule has 27 heavy (non-hydrogen) atoms. The minimum atomic E-state index is -0.808. The van der Waals surface area contributed by atoms with E-state index in [0.29, 0.717) is 6.42 Å². The predicted octanol–water partition coefficient (Wildman–Crippen LogP) is 3.00. The summed E-state index contributed by atoms with van der Waals surface area (Å²) in [6.07, 6.45) is 1.76. The van der Waals surface area contributed by atoms with Gasteiger partial charge in [-0.1, -0.05) is 32.4 Å². The zero-order valence-corrected chi connectivity index (χ0v) is 16.2. The number of carbonyl (C=O) groups excluding carboxylic acids is 2. The minimum Gasteiger partial charge on any atom is -0.425 e. The molecule has 11 heteroatoms. The molecule has 1 aromatic heterocycles. The van der Waals surface area contributed by atoms with E-state index >= 15 is 0 Å². The number of aromatic nitrogens is 1. The van der Waals surface area contributed by atoms with Crippen molar-refractivity contribution in [3.8, 4) is 5.75 Å². The lowest BCUT2D eigenvalue weighted by Gasteiger charge is -2.17. The highest BCUT2D eigenvalue weighted by molar-refractivity contribution is 7.18. The molecule has 2 aromatic rings. The van der Waals surface area contributed by atoms with Crippen molar-refractivity contribution in [1.29, 1.82) is 0 Å². The highest BCUT2D eigenvalue weighted by Gasteiger charge is 2.24. The van der Waals surface area contributed by atoms with Crippen molar-refractivity contribution in [1.82, 2.24) is 4.98 Å². The summed E-state index contributed by atoms with van der Waals surface area (Å²) < 4.78 is 5.28. The molecule has 3 N–H and O–H groups in total. The van der Waals surface area contributed by atoms with E-state index in [1.807, 2.05) is 13.8 Å². The third-order valence-electron chi connectivity index (χ3n) is 3.77. The van der Waals surface area contributed by atoms with Crippen molar-refractivity contribution in [2.75, 3.05) is 5.32 Å². The number of carbonyl (C=O) groups is 2. The summed E-state index contributed by atoms with van der Waals surface area (Å²) in [6.45, 7) is 3.74. The average molecular weight is 415 g/mol. The Morgan fingerprint density at radius 1 is 1.41 bits per heavy atom. The Bertz CT molecular complexity index is 829. The molecule has 2 atom stereocenters. The largest absolute Gasteiger partial charge is 0.425 e. The Balaban J connectivity index is 0.00000364. The third-order valence-corrected chi connectivity index (χ3v) is 4.63. The Morgan fingerprint density at radius 2 is 2.07 bits per heavy atom. The molecule has 0 bridgehead atoms. The van der Waals surface area contributed by atoms with Crippen LogP contribution in [-0.4, -0.2) is 27.8 Å². The SMILES string of the molecule is CCC(C)C(N)C(=O)Oc1ccccc1C(=O)Nc1ncc([N+](=O)[O-])s1.Cl. The van der Waals surface area contributed by atoms with Crippen molar-refractivity contribution in [3.63, 3.8) is 0 Å². The lowest BCUT2D eigenvalue weighted by atomic mass is 10.0. The Hall–Kier alpha value is -2.56. The molecule has 0 saturated carbocycles. The molecule has 2 rings (SSSR count). The summed E-state index contributed by atoms with van der Waals surface area (Å²) in [6, 6.07) is 5.35. The van der Waals surface area contributed by atoms with Crippen LogP contribution in [0.15, 0.2) is 30.5 Å². The maximum atomic E-state index is 12.4. The quantitative estimate of drug-likeness (QED) is 0.307. The number of benzene rings is 1. The zero-order chi connectivity index (χ0) is 19.3. The Kier molecular flexibility index (Phi) is 8.29. The number of esters is 1. The molecular formula is C16H19ClN4O5S. The monoisotopic (exact) mass is 414 g/mol. The topological polar surface area (TPSA) is 137 Å². The summed E-state index contributed by atoms with van der Waals surface area (Å²) in [5.74, 6) is -1.25. The highest BCUT2D eigenvalue weighted by atomic mass is 35.5. The number of halogens is 1. The molecular weight excluding hydrogens is 396 g/mol. The molecule has 0 aliphatic heterocycles. The van der Waals surface area contributed by atoms with Crippen LogP contribution in [0.25, 0.3) is 0 Å². The number of nitrogens with two attached hydrogens (primary N) is 1. The molecule has 0 radical (unpaired) electrons. The van der Waals surface area contributed by atoms with Gasteiger partial charge in [0.15, 0.2) is 5.13 Å². The molecule has 146 valence electrons. The van der Waals surface area contributed by atoms with E-state index < -0.39 is 22.8 Å². The number of para-hydroxylation sites is 1. The molecule has 0 spiro atoms. The van der Waals surface area contributed by atoms with E-state index in [9.17, 15) is 19.7 Å². The molecule has 9 nitrogen and oxygen atoms in total. The van der Waals surface area contributed by atoms with Gasteiger partial charge in [0.1, 0.15) is 18.0 Å². The van der Waals surface area contributed by atoms with Gasteiger partial charge in [-0.25, -0.2) is 9.78 Å². The highest BCUT2D eigenvalue weighted by Crippen LogP contribution is 2.27. The fraction of sp³-hybridized carbons (Fsp3) is 0.312. The average Bonchev–Trinajstić information content (AvgIpc) is 3.09. The van der Waals surface area contributed by atoms with Crippen LogP contribution in [0.1, 0.15) is 30.6 Å². The molecule has 0 fully saturated rings. The van der Waals surface area contributed by atoms with Gasteiger partial charge < -0.3 is 10.5 Å². The second-order valence-electron chi connectivity index (χ2n) is 5.54. The van der Waals surface area contributed by atoms with Gasteiger partial charge in [-0.3, -0.25) is 20.2 Å². The standard InChI is InChI=1S/C16H18N4O5S.ClH/c1-3-9(2)13(17)15(22)25-11-7-5-4-6-10(11)14(21)19-16-18-8-12(26-16)20(23)24;/h4-9,13H,3,17H2,1-2H3,(H,18,19,21);1H. The fourth-order valence-corrected chi connectivity index (χ4v) is 2.61. The lowest BCUT2D eigenvalue weighted by Crippen LogP contribution is -2.39. The van der Waals surface area contributed by atoms with E-state index in [1.54, 1.807) is 12.1 Å². The molecule has 1 aromatic carbocycles. The molecule has 1 heterocycles. The second kappa shape index (κ2) is 9.95. The van der Waals surface area contributed by atoms with Gasteiger partial charge in [0.25, 0.3) is 5.91 Å². The van der Waals surface area contributed by atoms with Gasteiger partial charge in [-0.05, 0) is 29.4 Å². The fourth-order valence-electron chi connectivity index (χ4n) is 1.98. The molecule has 0 saturated heterocycles. The van der Waals surface area contributed by atoms with Gasteiger partial charge in [-0.2, -0.15) is 0 Å². The van der Waals surface area contributed by atoms with Gasteiger partial charge in [0, 0.05) is 0 Å². The normalized spacial score (nSPS) is 12.4. The van der Waals surface area contributed by atoms with Crippen LogP contribution in [0.5, 0.6) is 5.75 Å². The van der Waals surface area contributed by atoms with E-state index in [1.165, 1.54) is 12.1 Å². The van der Waals surface area contributed by atoms with Gasteiger partial charge in [0.05, 0.1) is 10.5 Å². The number of ether oxygens (including phenoxy) is 1. The van der Waals surface area contributed by atoms with Crippen LogP contribution in [0, 0.1) is 16.0 Å². The van der Waals surface area contributed by atoms with Gasteiger partial charge in [-0.15, -0.1) is 12.4 Å². The van der Waals surface area contributed by atoms with Crippen LogP contribution in [0.4, 0.5) is 10.1 Å². The summed E-state index contributed by atoms with van der Waals surface area (Å²) >= 11 is 0.726. The first kappa shape index (κ1) is 22.5. The number of hydrogen-bond acceptors (Lipinski definition) is 8. The van der Waals surface area contributed by atoms with Gasteiger partial charge in [0.2, 0.25) is 0 Å². The Morgan fingerprint density at radius 3 is 2.67 bits per heavy atom. The van der Waals surface area contributed by atoms with Crippen LogP contribution in [0.2, 0.25) is 0 Å². The molecule has 0 aliphatic carbocycles. The first-order valence-corrected chi connectivity index (χ1v) is 8.63. The van der Waals surface area contributed by atoms with Crippen molar-refractivity contribution >= 4 is 45.8 Å². The number of rotatable bonds is 7. The van der Waals surface area contributed by atoms with E-state index in [2.05, 4.69) is 10.3 Å². The number of anilines is 1. The number of thiazole rings is 1. The van der Waals surface area contributed by atoms with Crippen LogP contribution >= 0.6 is 23.7 Å². The molecule has 0 aliphatic rings.